The third kappa shape index (κ3) is 4.13. The summed E-state index contributed by atoms with van der Waals surface area (Å²) in [5, 5.41) is -0.254. The van der Waals surface area contributed by atoms with Crippen molar-refractivity contribution in [3.8, 4) is 0 Å². The van der Waals surface area contributed by atoms with Crippen LogP contribution >= 0.6 is 24.4 Å². The Morgan fingerprint density at radius 3 is 2.81 bits per heavy atom. The van der Waals surface area contributed by atoms with Crippen molar-refractivity contribution in [2.24, 2.45) is 0 Å². The lowest BCUT2D eigenvalue weighted by molar-refractivity contribution is 0.266. The summed E-state index contributed by atoms with van der Waals surface area (Å²) >= 11 is 5.93. The van der Waals surface area contributed by atoms with Crippen LogP contribution in [0.2, 0.25) is 0 Å². The van der Waals surface area contributed by atoms with Crippen molar-refractivity contribution in [3.63, 3.8) is 0 Å². The molecule has 0 bridgehead atoms. The van der Waals surface area contributed by atoms with Crippen LogP contribution in [0.4, 0.5) is 0 Å². The SMILES string of the molecule is CCS(=O)(=O)C1CSCCN1CCCCS. The van der Waals surface area contributed by atoms with E-state index in [1.54, 1.807) is 18.7 Å². The van der Waals surface area contributed by atoms with Gasteiger partial charge in [-0.25, -0.2) is 8.42 Å². The minimum atomic E-state index is -2.92. The summed E-state index contributed by atoms with van der Waals surface area (Å²) < 4.78 is 23.9. The molecule has 0 aliphatic carbocycles. The van der Waals surface area contributed by atoms with Crippen LogP contribution in [0.5, 0.6) is 0 Å². The summed E-state index contributed by atoms with van der Waals surface area (Å²) in [6, 6.07) is 0. The molecule has 0 radical (unpaired) electrons. The summed E-state index contributed by atoms with van der Waals surface area (Å²) in [4.78, 5) is 2.14. The van der Waals surface area contributed by atoms with Gasteiger partial charge in [0, 0.05) is 23.8 Å². The molecular formula is C10H21NO2S3. The normalized spacial score (nSPS) is 23.5. The Labute approximate surface area is 109 Å². The van der Waals surface area contributed by atoms with Gasteiger partial charge in [-0.05, 0) is 25.1 Å². The second-order valence-electron chi connectivity index (χ2n) is 3.95. The maximum absolute atomic E-state index is 11.9. The van der Waals surface area contributed by atoms with Crippen molar-refractivity contribution in [1.29, 1.82) is 0 Å². The number of rotatable bonds is 6. The highest BCUT2D eigenvalue weighted by Crippen LogP contribution is 2.21. The first-order valence-corrected chi connectivity index (χ1v) is 9.26. The topological polar surface area (TPSA) is 37.4 Å². The fourth-order valence-electron chi connectivity index (χ4n) is 1.82. The van der Waals surface area contributed by atoms with Crippen LogP contribution in [0, 0.1) is 0 Å². The van der Waals surface area contributed by atoms with E-state index in [0.29, 0.717) is 0 Å². The maximum atomic E-state index is 11.9. The average molecular weight is 283 g/mol. The first-order valence-electron chi connectivity index (χ1n) is 5.76. The molecule has 1 heterocycles. The zero-order valence-electron chi connectivity index (χ0n) is 9.76. The van der Waals surface area contributed by atoms with Crippen LogP contribution in [-0.4, -0.2) is 54.8 Å². The number of thiol groups is 1. The van der Waals surface area contributed by atoms with Crippen molar-refractivity contribution >= 4 is 34.2 Å². The number of thioether (sulfide) groups is 1. The van der Waals surface area contributed by atoms with Crippen LogP contribution in [0.3, 0.4) is 0 Å². The van der Waals surface area contributed by atoms with Crippen LogP contribution in [0.15, 0.2) is 0 Å². The van der Waals surface area contributed by atoms with E-state index in [1.807, 2.05) is 0 Å². The Morgan fingerprint density at radius 2 is 2.19 bits per heavy atom. The number of hydrogen-bond acceptors (Lipinski definition) is 5. The Hall–Kier alpha value is 0.610. The molecule has 0 aromatic rings. The third-order valence-corrected chi connectivity index (χ3v) is 6.51. The van der Waals surface area contributed by atoms with Gasteiger partial charge in [-0.15, -0.1) is 0 Å². The average Bonchev–Trinajstić information content (AvgIpc) is 2.30. The van der Waals surface area contributed by atoms with E-state index < -0.39 is 9.84 Å². The fourth-order valence-corrected chi connectivity index (χ4v) is 5.16. The van der Waals surface area contributed by atoms with E-state index in [9.17, 15) is 8.42 Å². The van der Waals surface area contributed by atoms with Gasteiger partial charge in [0.1, 0.15) is 5.37 Å². The minimum absolute atomic E-state index is 0.251. The molecule has 0 aromatic heterocycles. The van der Waals surface area contributed by atoms with E-state index >= 15 is 0 Å². The third-order valence-electron chi connectivity index (χ3n) is 2.86. The highest BCUT2D eigenvalue weighted by atomic mass is 32.2. The van der Waals surface area contributed by atoms with Gasteiger partial charge < -0.3 is 0 Å². The van der Waals surface area contributed by atoms with Crippen molar-refractivity contribution in [2.75, 3.05) is 36.1 Å². The highest BCUT2D eigenvalue weighted by Gasteiger charge is 2.32. The summed E-state index contributed by atoms with van der Waals surface area (Å²) in [5.41, 5.74) is 0. The van der Waals surface area contributed by atoms with Gasteiger partial charge in [0.2, 0.25) is 0 Å². The number of unbranched alkanes of at least 4 members (excludes halogenated alkanes) is 1. The molecule has 0 saturated carbocycles. The van der Waals surface area contributed by atoms with Gasteiger partial charge in [-0.2, -0.15) is 24.4 Å². The molecule has 1 atom stereocenters. The van der Waals surface area contributed by atoms with Crippen LogP contribution in [0.25, 0.3) is 0 Å². The lowest BCUT2D eigenvalue weighted by Gasteiger charge is -2.34. The second-order valence-corrected chi connectivity index (χ2v) is 7.99. The number of sulfone groups is 1. The molecule has 1 rings (SSSR count). The van der Waals surface area contributed by atoms with Gasteiger partial charge in [-0.1, -0.05) is 6.92 Å². The molecular weight excluding hydrogens is 262 g/mol. The van der Waals surface area contributed by atoms with Crippen molar-refractivity contribution < 1.29 is 8.42 Å². The molecule has 16 heavy (non-hydrogen) atoms. The van der Waals surface area contributed by atoms with E-state index in [2.05, 4.69) is 17.5 Å². The van der Waals surface area contributed by atoms with E-state index in [4.69, 9.17) is 0 Å². The second kappa shape index (κ2) is 7.13. The molecule has 0 spiro atoms. The molecule has 0 N–H and O–H groups in total. The lowest BCUT2D eigenvalue weighted by Crippen LogP contribution is -2.48. The predicted octanol–water partition coefficient (Wildman–Crippen LogP) is 1.51. The first kappa shape index (κ1) is 14.7. The molecule has 1 saturated heterocycles. The van der Waals surface area contributed by atoms with Crippen molar-refractivity contribution in [3.05, 3.63) is 0 Å². The van der Waals surface area contributed by atoms with Gasteiger partial charge in [0.15, 0.2) is 9.84 Å². The Balaban J connectivity index is 2.57. The van der Waals surface area contributed by atoms with Gasteiger partial charge in [-0.3, -0.25) is 4.90 Å². The molecule has 3 nitrogen and oxygen atoms in total. The highest BCUT2D eigenvalue weighted by molar-refractivity contribution is 8.01. The molecule has 0 amide bonds. The summed E-state index contributed by atoms with van der Waals surface area (Å²) in [6.45, 7) is 3.53. The first-order chi connectivity index (χ1) is 7.61. The molecule has 1 unspecified atom stereocenters. The molecule has 1 aliphatic rings. The lowest BCUT2D eigenvalue weighted by atomic mass is 10.3. The Morgan fingerprint density at radius 1 is 1.44 bits per heavy atom. The van der Waals surface area contributed by atoms with Crippen molar-refractivity contribution in [2.45, 2.75) is 25.1 Å². The van der Waals surface area contributed by atoms with Crippen molar-refractivity contribution in [1.82, 2.24) is 4.90 Å². The minimum Gasteiger partial charge on any atom is -0.286 e. The van der Waals surface area contributed by atoms with Crippen LogP contribution < -0.4 is 0 Å². The zero-order valence-corrected chi connectivity index (χ0v) is 12.3. The smallest absolute Gasteiger partial charge is 0.166 e. The fraction of sp³-hybridized carbons (Fsp3) is 1.00. The molecule has 1 aliphatic heterocycles. The monoisotopic (exact) mass is 283 g/mol. The zero-order chi connectivity index (χ0) is 12.0. The largest absolute Gasteiger partial charge is 0.286 e. The Bertz CT molecular complexity index is 292. The van der Waals surface area contributed by atoms with Crippen LogP contribution in [0.1, 0.15) is 19.8 Å². The van der Waals surface area contributed by atoms with Gasteiger partial charge >= 0.3 is 0 Å². The molecule has 6 heteroatoms. The summed E-state index contributed by atoms with van der Waals surface area (Å²) in [6.07, 6.45) is 2.11. The maximum Gasteiger partial charge on any atom is 0.166 e. The van der Waals surface area contributed by atoms with Gasteiger partial charge in [0.25, 0.3) is 0 Å². The molecule has 1 fully saturated rings. The quantitative estimate of drug-likeness (QED) is 0.592. The number of nitrogens with zero attached hydrogens (tertiary/aromatic N) is 1. The molecule has 96 valence electrons. The van der Waals surface area contributed by atoms with E-state index in [-0.39, 0.29) is 11.1 Å². The standard InChI is InChI=1S/C10H21NO2S3/c1-2-16(12,13)10-9-15-8-6-11(10)5-3-4-7-14/h10,14H,2-9H2,1H3. The van der Waals surface area contributed by atoms with Crippen LogP contribution in [-0.2, 0) is 9.84 Å². The number of hydrogen-bond donors (Lipinski definition) is 1. The summed E-state index contributed by atoms with van der Waals surface area (Å²) in [7, 11) is -2.92. The summed E-state index contributed by atoms with van der Waals surface area (Å²) in [5.74, 6) is 2.92. The van der Waals surface area contributed by atoms with E-state index in [0.717, 1.165) is 43.2 Å². The molecule has 0 aromatic carbocycles. The predicted molar refractivity (Wildman–Crippen MR) is 75.2 cm³/mol. The Kier molecular flexibility index (Phi) is 6.54. The van der Waals surface area contributed by atoms with Gasteiger partial charge in [0.05, 0.1) is 0 Å². The van der Waals surface area contributed by atoms with E-state index in [1.165, 1.54) is 0 Å².